The molecule has 1 fully saturated rings. The quantitative estimate of drug-likeness (QED) is 0.216. The van der Waals surface area contributed by atoms with Gasteiger partial charge in [0.1, 0.15) is 5.60 Å². The number of benzene rings is 2. The summed E-state index contributed by atoms with van der Waals surface area (Å²) in [6.45, 7) is 14.8. The lowest BCUT2D eigenvalue weighted by Gasteiger charge is -2.46. The highest BCUT2D eigenvalue weighted by Crippen LogP contribution is 2.40. The van der Waals surface area contributed by atoms with E-state index >= 15 is 0 Å². The van der Waals surface area contributed by atoms with Crippen molar-refractivity contribution in [1.82, 2.24) is 0 Å². The SMILES string of the molecule is CCC(=CC[C@H]1CCC[C@@H](O[Si](c2ccccc2)(c2ccccc2)C(C)(C)C)C1)C(=O)OC(C)(C)C. The van der Waals surface area contributed by atoms with Crippen molar-refractivity contribution in [2.45, 2.75) is 104 Å². The fourth-order valence-corrected chi connectivity index (χ4v) is 10.3. The lowest BCUT2D eigenvalue weighted by atomic mass is 9.84. The van der Waals surface area contributed by atoms with Crippen LogP contribution in [-0.2, 0) is 14.0 Å². The van der Waals surface area contributed by atoms with E-state index in [1.807, 2.05) is 27.7 Å². The van der Waals surface area contributed by atoms with Gasteiger partial charge in [0.25, 0.3) is 8.32 Å². The second-order valence-corrected chi connectivity index (χ2v) is 16.5. The molecule has 196 valence electrons. The van der Waals surface area contributed by atoms with E-state index in [0.29, 0.717) is 12.3 Å². The van der Waals surface area contributed by atoms with Crippen LogP contribution in [-0.4, -0.2) is 26.0 Å². The van der Waals surface area contributed by atoms with Crippen molar-refractivity contribution >= 4 is 24.7 Å². The topological polar surface area (TPSA) is 35.5 Å². The van der Waals surface area contributed by atoms with Crippen molar-refractivity contribution in [1.29, 1.82) is 0 Å². The predicted octanol–water partition coefficient (Wildman–Crippen LogP) is 7.19. The second-order valence-electron chi connectivity index (χ2n) is 12.3. The van der Waals surface area contributed by atoms with Crippen molar-refractivity contribution < 1.29 is 14.0 Å². The fraction of sp³-hybridized carbons (Fsp3) is 0.531. The van der Waals surface area contributed by atoms with Gasteiger partial charge in [-0.3, -0.25) is 0 Å². The van der Waals surface area contributed by atoms with E-state index in [4.69, 9.17) is 9.16 Å². The van der Waals surface area contributed by atoms with Crippen molar-refractivity contribution in [2.24, 2.45) is 5.92 Å². The van der Waals surface area contributed by atoms with Crippen LogP contribution in [0.25, 0.3) is 0 Å². The average Bonchev–Trinajstić information content (AvgIpc) is 2.82. The lowest BCUT2D eigenvalue weighted by Crippen LogP contribution is -2.67. The first-order valence-corrected chi connectivity index (χ1v) is 15.6. The van der Waals surface area contributed by atoms with E-state index in [2.05, 4.69) is 87.5 Å². The van der Waals surface area contributed by atoms with E-state index in [0.717, 1.165) is 31.3 Å². The van der Waals surface area contributed by atoms with E-state index in [1.165, 1.54) is 16.8 Å². The Morgan fingerprint density at radius 1 is 0.917 bits per heavy atom. The molecule has 0 heterocycles. The lowest BCUT2D eigenvalue weighted by molar-refractivity contribution is -0.150. The van der Waals surface area contributed by atoms with Crippen LogP contribution in [0.15, 0.2) is 72.3 Å². The molecular weight excluding hydrogens is 460 g/mol. The number of allylic oxidation sites excluding steroid dienone is 1. The minimum atomic E-state index is -2.55. The number of esters is 1. The molecule has 2 aromatic rings. The summed E-state index contributed by atoms with van der Waals surface area (Å²) in [6, 6.07) is 21.8. The molecule has 3 nitrogen and oxygen atoms in total. The molecule has 0 saturated heterocycles. The van der Waals surface area contributed by atoms with E-state index in [-0.39, 0.29) is 17.1 Å². The first kappa shape index (κ1) is 28.4. The van der Waals surface area contributed by atoms with Crippen LogP contribution in [0.3, 0.4) is 0 Å². The highest BCUT2D eigenvalue weighted by molar-refractivity contribution is 6.99. The number of carbonyl (C=O) groups excluding carboxylic acids is 1. The number of ether oxygens (including phenoxy) is 1. The maximum Gasteiger partial charge on any atom is 0.334 e. The molecular formula is C32H46O3Si. The maximum atomic E-state index is 12.6. The summed E-state index contributed by atoms with van der Waals surface area (Å²) < 4.78 is 13.0. The Morgan fingerprint density at radius 3 is 1.94 bits per heavy atom. The molecule has 4 heteroatoms. The summed E-state index contributed by atoms with van der Waals surface area (Å²) in [4.78, 5) is 12.6. The van der Waals surface area contributed by atoms with Gasteiger partial charge in [-0.05, 0) is 74.2 Å². The van der Waals surface area contributed by atoms with Gasteiger partial charge in [-0.1, -0.05) is 101 Å². The van der Waals surface area contributed by atoms with Crippen LogP contribution in [0.4, 0.5) is 0 Å². The third-order valence-electron chi connectivity index (χ3n) is 7.23. The van der Waals surface area contributed by atoms with Crippen LogP contribution < -0.4 is 10.4 Å². The molecule has 3 rings (SSSR count). The van der Waals surface area contributed by atoms with Gasteiger partial charge < -0.3 is 9.16 Å². The molecule has 0 amide bonds. The van der Waals surface area contributed by atoms with Crippen molar-refractivity contribution in [3.8, 4) is 0 Å². The number of hydrogen-bond donors (Lipinski definition) is 0. The molecule has 0 aromatic heterocycles. The van der Waals surface area contributed by atoms with Crippen LogP contribution in [0.5, 0.6) is 0 Å². The van der Waals surface area contributed by atoms with Crippen LogP contribution in [0.2, 0.25) is 5.04 Å². The molecule has 0 N–H and O–H groups in total. The zero-order valence-electron chi connectivity index (χ0n) is 23.5. The minimum Gasteiger partial charge on any atom is -0.457 e. The highest BCUT2D eigenvalue weighted by atomic mass is 28.4. The molecule has 36 heavy (non-hydrogen) atoms. The second kappa shape index (κ2) is 11.9. The maximum absolute atomic E-state index is 12.6. The summed E-state index contributed by atoms with van der Waals surface area (Å²) in [7, 11) is -2.55. The molecule has 0 unspecified atom stereocenters. The monoisotopic (exact) mass is 506 g/mol. The predicted molar refractivity (Wildman–Crippen MR) is 153 cm³/mol. The number of carbonyl (C=O) groups is 1. The molecule has 2 aromatic carbocycles. The largest absolute Gasteiger partial charge is 0.457 e. The van der Waals surface area contributed by atoms with Gasteiger partial charge in [0.05, 0.1) is 0 Å². The third kappa shape index (κ3) is 6.98. The molecule has 0 aliphatic heterocycles. The van der Waals surface area contributed by atoms with Crippen LogP contribution in [0.1, 0.15) is 87.0 Å². The smallest absolute Gasteiger partial charge is 0.334 e. The van der Waals surface area contributed by atoms with Gasteiger partial charge in [-0.15, -0.1) is 0 Å². The Hall–Kier alpha value is -2.17. The molecule has 0 radical (unpaired) electrons. The number of rotatable bonds is 8. The molecule has 0 bridgehead atoms. The van der Waals surface area contributed by atoms with Gasteiger partial charge >= 0.3 is 5.97 Å². The van der Waals surface area contributed by atoms with Crippen LogP contribution >= 0.6 is 0 Å². The number of hydrogen-bond acceptors (Lipinski definition) is 3. The Bertz CT molecular complexity index is 960. The van der Waals surface area contributed by atoms with Gasteiger partial charge in [0.15, 0.2) is 0 Å². The van der Waals surface area contributed by atoms with E-state index in [1.54, 1.807) is 0 Å². The fourth-order valence-electron chi connectivity index (χ4n) is 5.53. The van der Waals surface area contributed by atoms with Crippen LogP contribution in [0, 0.1) is 5.92 Å². The molecule has 1 aliphatic carbocycles. The third-order valence-corrected chi connectivity index (χ3v) is 12.3. The van der Waals surface area contributed by atoms with E-state index in [9.17, 15) is 4.79 Å². The molecule has 1 saturated carbocycles. The Morgan fingerprint density at radius 2 is 1.47 bits per heavy atom. The highest BCUT2D eigenvalue weighted by Gasteiger charge is 2.51. The first-order valence-electron chi connectivity index (χ1n) is 13.7. The zero-order chi connectivity index (χ0) is 26.4. The first-order chi connectivity index (χ1) is 17.0. The normalized spacial score (nSPS) is 19.7. The molecule has 0 spiro atoms. The summed E-state index contributed by atoms with van der Waals surface area (Å²) in [5.41, 5.74) is 0.324. The molecule has 1 aliphatic rings. The Labute approximate surface area is 220 Å². The zero-order valence-corrected chi connectivity index (χ0v) is 24.5. The summed E-state index contributed by atoms with van der Waals surface area (Å²) in [5, 5.41) is 2.65. The Kier molecular flexibility index (Phi) is 9.40. The van der Waals surface area contributed by atoms with Gasteiger partial charge in [0.2, 0.25) is 0 Å². The molecule has 2 atom stereocenters. The summed E-state index contributed by atoms with van der Waals surface area (Å²) in [6.07, 6.45) is 8.42. The van der Waals surface area contributed by atoms with Crippen molar-refractivity contribution in [3.63, 3.8) is 0 Å². The van der Waals surface area contributed by atoms with Crippen molar-refractivity contribution in [3.05, 3.63) is 72.3 Å². The summed E-state index contributed by atoms with van der Waals surface area (Å²) >= 11 is 0. The van der Waals surface area contributed by atoms with Crippen molar-refractivity contribution in [2.75, 3.05) is 0 Å². The van der Waals surface area contributed by atoms with Gasteiger partial charge in [-0.25, -0.2) is 4.79 Å². The standard InChI is InChI=1S/C32H46O3Si/c1-8-26(30(33)34-31(2,3)4)23-22-25-16-15-17-27(24-25)35-36(32(5,6)7,28-18-11-9-12-19-28)29-20-13-10-14-21-29/h9-14,18-21,23,25,27H,8,15-17,22,24H2,1-7H3/t25-,27-/m1/s1. The summed E-state index contributed by atoms with van der Waals surface area (Å²) in [5.74, 6) is 0.340. The van der Waals surface area contributed by atoms with Gasteiger partial charge in [0, 0.05) is 11.7 Å². The Balaban J connectivity index is 1.85. The minimum absolute atomic E-state index is 0.0192. The average molecular weight is 507 g/mol. The van der Waals surface area contributed by atoms with E-state index < -0.39 is 13.9 Å². The van der Waals surface area contributed by atoms with Gasteiger partial charge in [-0.2, -0.15) is 0 Å².